The van der Waals surface area contributed by atoms with Crippen LogP contribution < -0.4 is 10.1 Å². The molecule has 1 N–H and O–H groups in total. The van der Waals surface area contributed by atoms with Crippen molar-refractivity contribution in [3.8, 4) is 5.75 Å². The second-order valence-corrected chi connectivity index (χ2v) is 5.91. The Kier molecular flexibility index (Phi) is 4.41. The van der Waals surface area contributed by atoms with Gasteiger partial charge in [-0.25, -0.2) is 0 Å². The third kappa shape index (κ3) is 3.08. The number of ether oxygens (including phenoxy) is 1. The molecular weight excluding hydrogens is 286 g/mol. The van der Waals surface area contributed by atoms with Gasteiger partial charge in [0.05, 0.1) is 11.6 Å². The van der Waals surface area contributed by atoms with Gasteiger partial charge in [-0.15, -0.1) is 0 Å². The van der Waals surface area contributed by atoms with Gasteiger partial charge >= 0.3 is 0 Å². The molecule has 0 aromatic heterocycles. The molecule has 1 aromatic carbocycles. The van der Waals surface area contributed by atoms with Crippen LogP contribution in [0.3, 0.4) is 0 Å². The first-order valence-electron chi connectivity index (χ1n) is 5.47. The van der Waals surface area contributed by atoms with Gasteiger partial charge in [-0.2, -0.15) is 11.8 Å². The van der Waals surface area contributed by atoms with Gasteiger partial charge < -0.3 is 10.1 Å². The van der Waals surface area contributed by atoms with E-state index >= 15 is 0 Å². The van der Waals surface area contributed by atoms with E-state index < -0.39 is 0 Å². The summed E-state index contributed by atoms with van der Waals surface area (Å²) in [7, 11) is 1.69. The van der Waals surface area contributed by atoms with E-state index in [2.05, 4.69) is 27.3 Å². The molecule has 0 amide bonds. The third-order valence-electron chi connectivity index (χ3n) is 2.68. The highest BCUT2D eigenvalue weighted by molar-refractivity contribution is 9.10. The molecule has 1 saturated heterocycles. The van der Waals surface area contributed by atoms with Crippen LogP contribution in [-0.4, -0.2) is 24.7 Å². The van der Waals surface area contributed by atoms with Crippen LogP contribution in [0.5, 0.6) is 5.75 Å². The van der Waals surface area contributed by atoms with E-state index in [9.17, 15) is 0 Å². The molecule has 16 heavy (non-hydrogen) atoms. The number of benzene rings is 1. The summed E-state index contributed by atoms with van der Waals surface area (Å²) < 4.78 is 6.28. The fourth-order valence-electron chi connectivity index (χ4n) is 1.84. The number of hydrogen-bond acceptors (Lipinski definition) is 3. The largest absolute Gasteiger partial charge is 0.495 e. The number of rotatable bonds is 3. The first-order valence-corrected chi connectivity index (χ1v) is 7.42. The molecule has 2 rings (SSSR count). The monoisotopic (exact) mass is 301 g/mol. The Morgan fingerprint density at radius 1 is 1.50 bits per heavy atom. The molecule has 1 aliphatic heterocycles. The van der Waals surface area contributed by atoms with Crippen LogP contribution in [0.1, 0.15) is 12.8 Å². The summed E-state index contributed by atoms with van der Waals surface area (Å²) in [6.45, 7) is 0. The topological polar surface area (TPSA) is 21.3 Å². The predicted octanol–water partition coefficient (Wildman–Crippen LogP) is 3.77. The summed E-state index contributed by atoms with van der Waals surface area (Å²) in [5, 5.41) is 3.56. The molecule has 0 radical (unpaired) electrons. The number of thioether (sulfide) groups is 1. The van der Waals surface area contributed by atoms with E-state index in [4.69, 9.17) is 4.74 Å². The van der Waals surface area contributed by atoms with E-state index in [0.29, 0.717) is 6.04 Å². The van der Waals surface area contributed by atoms with Gasteiger partial charge in [-0.05, 0) is 46.7 Å². The number of nitrogens with one attached hydrogen (secondary N) is 1. The molecule has 0 aliphatic carbocycles. The summed E-state index contributed by atoms with van der Waals surface area (Å²) in [6, 6.07) is 6.76. The minimum Gasteiger partial charge on any atom is -0.495 e. The lowest BCUT2D eigenvalue weighted by Gasteiger charge is -2.23. The second kappa shape index (κ2) is 5.82. The summed E-state index contributed by atoms with van der Waals surface area (Å²) in [5.41, 5.74) is 1.15. The van der Waals surface area contributed by atoms with Gasteiger partial charge in [0.15, 0.2) is 0 Å². The number of halogens is 1. The summed E-state index contributed by atoms with van der Waals surface area (Å²) in [5.74, 6) is 3.40. The zero-order valence-corrected chi connectivity index (χ0v) is 11.7. The van der Waals surface area contributed by atoms with Crippen molar-refractivity contribution < 1.29 is 4.74 Å². The lowest BCUT2D eigenvalue weighted by Crippen LogP contribution is -2.25. The van der Waals surface area contributed by atoms with Crippen LogP contribution in [-0.2, 0) is 0 Å². The Bertz CT molecular complexity index is 353. The number of anilines is 1. The maximum absolute atomic E-state index is 5.28. The molecule has 1 aromatic rings. The molecule has 1 heterocycles. The smallest absolute Gasteiger partial charge is 0.135 e. The van der Waals surface area contributed by atoms with Crippen molar-refractivity contribution in [1.82, 2.24) is 0 Å². The SMILES string of the molecule is COc1cc(NC2CCCSC2)ccc1Br. The molecule has 2 nitrogen and oxygen atoms in total. The fourth-order valence-corrected chi connectivity index (χ4v) is 3.32. The maximum atomic E-state index is 5.28. The van der Waals surface area contributed by atoms with Gasteiger partial charge in [-0.1, -0.05) is 0 Å². The van der Waals surface area contributed by atoms with Crippen LogP contribution >= 0.6 is 27.7 Å². The summed E-state index contributed by atoms with van der Waals surface area (Å²) >= 11 is 5.49. The number of hydrogen-bond donors (Lipinski definition) is 1. The Morgan fingerprint density at radius 2 is 2.38 bits per heavy atom. The van der Waals surface area contributed by atoms with E-state index in [1.54, 1.807) is 7.11 Å². The molecule has 1 atom stereocenters. The fraction of sp³-hybridized carbons (Fsp3) is 0.500. The Labute approximate surface area is 109 Å². The van der Waals surface area contributed by atoms with E-state index in [1.807, 2.05) is 23.9 Å². The van der Waals surface area contributed by atoms with Crippen molar-refractivity contribution in [2.75, 3.05) is 23.9 Å². The zero-order chi connectivity index (χ0) is 11.4. The molecule has 1 aliphatic rings. The molecular formula is C12H16BrNOS. The van der Waals surface area contributed by atoms with Crippen molar-refractivity contribution in [2.45, 2.75) is 18.9 Å². The van der Waals surface area contributed by atoms with Gasteiger partial charge in [0.1, 0.15) is 5.75 Å². The Morgan fingerprint density at radius 3 is 3.06 bits per heavy atom. The van der Waals surface area contributed by atoms with E-state index in [-0.39, 0.29) is 0 Å². The number of methoxy groups -OCH3 is 1. The lowest BCUT2D eigenvalue weighted by molar-refractivity contribution is 0.412. The maximum Gasteiger partial charge on any atom is 0.135 e. The molecule has 0 bridgehead atoms. The average Bonchev–Trinajstić information content (AvgIpc) is 2.33. The van der Waals surface area contributed by atoms with Crippen LogP contribution in [0.2, 0.25) is 0 Å². The van der Waals surface area contributed by atoms with Gasteiger partial charge in [0.25, 0.3) is 0 Å². The van der Waals surface area contributed by atoms with Gasteiger partial charge in [0.2, 0.25) is 0 Å². The van der Waals surface area contributed by atoms with E-state index in [1.165, 1.54) is 24.3 Å². The Balaban J connectivity index is 2.03. The normalized spacial score (nSPS) is 20.5. The van der Waals surface area contributed by atoms with Crippen LogP contribution in [0.15, 0.2) is 22.7 Å². The van der Waals surface area contributed by atoms with E-state index in [0.717, 1.165) is 15.9 Å². The second-order valence-electron chi connectivity index (χ2n) is 3.91. The predicted molar refractivity (Wildman–Crippen MR) is 74.7 cm³/mol. The van der Waals surface area contributed by atoms with Crippen LogP contribution in [0, 0.1) is 0 Å². The highest BCUT2D eigenvalue weighted by Gasteiger charge is 2.13. The highest BCUT2D eigenvalue weighted by Crippen LogP contribution is 2.29. The molecule has 1 fully saturated rings. The molecule has 0 saturated carbocycles. The third-order valence-corrected chi connectivity index (χ3v) is 4.55. The lowest BCUT2D eigenvalue weighted by atomic mass is 10.1. The van der Waals surface area contributed by atoms with Crippen molar-refractivity contribution in [3.05, 3.63) is 22.7 Å². The van der Waals surface area contributed by atoms with Gasteiger partial charge in [-0.3, -0.25) is 0 Å². The van der Waals surface area contributed by atoms with Crippen molar-refractivity contribution >= 4 is 33.4 Å². The molecule has 0 spiro atoms. The molecule has 88 valence electrons. The van der Waals surface area contributed by atoms with Crippen molar-refractivity contribution in [3.63, 3.8) is 0 Å². The highest BCUT2D eigenvalue weighted by atomic mass is 79.9. The van der Waals surface area contributed by atoms with Crippen molar-refractivity contribution in [2.24, 2.45) is 0 Å². The summed E-state index contributed by atoms with van der Waals surface area (Å²) in [4.78, 5) is 0. The first-order chi connectivity index (χ1) is 7.79. The van der Waals surface area contributed by atoms with Crippen molar-refractivity contribution in [1.29, 1.82) is 0 Å². The summed E-state index contributed by atoms with van der Waals surface area (Å²) in [6.07, 6.45) is 2.58. The standard InChI is InChI=1S/C12H16BrNOS/c1-15-12-7-9(4-5-11(12)13)14-10-3-2-6-16-8-10/h4-5,7,10,14H,2-3,6,8H2,1H3. The Hall–Kier alpha value is -0.350. The quantitative estimate of drug-likeness (QED) is 0.918. The minimum absolute atomic E-state index is 0.602. The first kappa shape index (κ1) is 12.1. The molecule has 1 unspecified atom stereocenters. The van der Waals surface area contributed by atoms with Crippen LogP contribution in [0.4, 0.5) is 5.69 Å². The zero-order valence-electron chi connectivity index (χ0n) is 9.33. The minimum atomic E-state index is 0.602. The van der Waals surface area contributed by atoms with Crippen LogP contribution in [0.25, 0.3) is 0 Å². The molecule has 4 heteroatoms. The average molecular weight is 302 g/mol. The van der Waals surface area contributed by atoms with Gasteiger partial charge in [0, 0.05) is 23.5 Å².